The number of carbonyl (C=O) groups excluding carboxylic acids is 1. The number of benzene rings is 1. The molecular weight excluding hydrogens is 332 g/mol. The number of sulfonamides is 1. The normalized spacial score (nSPS) is 13.2. The summed E-state index contributed by atoms with van der Waals surface area (Å²) < 4.78 is 38.8. The second-order valence-corrected chi connectivity index (χ2v) is 9.17. The van der Waals surface area contributed by atoms with Crippen molar-refractivity contribution in [3.05, 3.63) is 29.8 Å². The van der Waals surface area contributed by atoms with Crippen LogP contribution in [0.5, 0.6) is 0 Å². The quantitative estimate of drug-likeness (QED) is 0.787. The fraction of sp³-hybridized carbons (Fsp3) is 0.333. The van der Waals surface area contributed by atoms with Crippen molar-refractivity contribution in [2.24, 2.45) is 3.77 Å². The smallest absolute Gasteiger partial charge is 0.325 e. The molecule has 2 N–H and O–H groups in total. The van der Waals surface area contributed by atoms with Crippen LogP contribution in [0.1, 0.15) is 17.3 Å². The molecule has 1 aromatic carbocycles. The monoisotopic (exact) mass is 348 g/mol. The van der Waals surface area contributed by atoms with Gasteiger partial charge in [-0.15, -0.1) is 3.77 Å². The minimum Gasteiger partial charge on any atom is -0.480 e. The summed E-state index contributed by atoms with van der Waals surface area (Å²) in [6, 6.07) is 3.78. The summed E-state index contributed by atoms with van der Waals surface area (Å²) in [7, 11) is -7.05. The SMILES string of the molecule is C[C@H](NC(=O)c1cccc(S(=O)(=O)N=S(C)(C)=O)c1)C(=O)O. The minimum absolute atomic E-state index is 0.0388. The van der Waals surface area contributed by atoms with Crippen LogP contribution < -0.4 is 5.32 Å². The summed E-state index contributed by atoms with van der Waals surface area (Å²) in [5.41, 5.74) is -0.0388. The van der Waals surface area contributed by atoms with Crippen LogP contribution in [0.15, 0.2) is 32.9 Å². The maximum atomic E-state index is 12.0. The molecule has 0 aliphatic heterocycles. The molecule has 10 heteroatoms. The number of nitrogens with zero attached hydrogens (tertiary/aromatic N) is 1. The second-order valence-electron chi connectivity index (χ2n) is 4.79. The Bertz CT molecular complexity index is 814. The van der Waals surface area contributed by atoms with Gasteiger partial charge < -0.3 is 10.4 Å². The topological polar surface area (TPSA) is 130 Å². The van der Waals surface area contributed by atoms with Gasteiger partial charge in [-0.25, -0.2) is 4.21 Å². The highest BCUT2D eigenvalue weighted by atomic mass is 32.3. The molecule has 1 aromatic rings. The Morgan fingerprint density at radius 1 is 1.23 bits per heavy atom. The van der Waals surface area contributed by atoms with E-state index in [1.165, 1.54) is 37.6 Å². The maximum Gasteiger partial charge on any atom is 0.325 e. The molecule has 1 atom stereocenters. The van der Waals surface area contributed by atoms with E-state index in [0.717, 1.165) is 6.07 Å². The van der Waals surface area contributed by atoms with Crippen LogP contribution in [-0.4, -0.2) is 48.2 Å². The first-order valence-electron chi connectivity index (χ1n) is 5.99. The molecule has 0 bridgehead atoms. The highest BCUT2D eigenvalue weighted by molar-refractivity contribution is 8.02. The third kappa shape index (κ3) is 5.11. The van der Waals surface area contributed by atoms with Gasteiger partial charge in [-0.1, -0.05) is 6.07 Å². The maximum absolute atomic E-state index is 12.0. The number of hydrogen-bond donors (Lipinski definition) is 2. The summed E-state index contributed by atoms with van der Waals surface area (Å²) in [6.45, 7) is 1.28. The highest BCUT2D eigenvalue weighted by Crippen LogP contribution is 2.15. The lowest BCUT2D eigenvalue weighted by Gasteiger charge is -2.09. The van der Waals surface area contributed by atoms with E-state index in [9.17, 15) is 22.2 Å². The lowest BCUT2D eigenvalue weighted by Crippen LogP contribution is -2.38. The minimum atomic E-state index is -4.17. The first-order chi connectivity index (χ1) is 9.92. The number of carboxylic acids is 1. The largest absolute Gasteiger partial charge is 0.480 e. The van der Waals surface area contributed by atoms with E-state index in [2.05, 4.69) is 9.08 Å². The van der Waals surface area contributed by atoms with Crippen molar-refractivity contribution in [2.45, 2.75) is 17.9 Å². The molecule has 0 radical (unpaired) electrons. The molecule has 0 aromatic heterocycles. The number of aliphatic carboxylic acids is 1. The molecule has 0 fully saturated rings. The van der Waals surface area contributed by atoms with E-state index < -0.39 is 37.7 Å². The van der Waals surface area contributed by atoms with E-state index in [1.54, 1.807) is 0 Å². The molecule has 8 nitrogen and oxygen atoms in total. The van der Waals surface area contributed by atoms with Crippen molar-refractivity contribution in [3.8, 4) is 0 Å². The zero-order chi connectivity index (χ0) is 17.1. The number of rotatable bonds is 5. The van der Waals surface area contributed by atoms with Gasteiger partial charge in [0.1, 0.15) is 6.04 Å². The molecule has 0 saturated heterocycles. The summed E-state index contributed by atoms with van der Waals surface area (Å²) in [4.78, 5) is 22.3. The molecule has 0 spiro atoms. The van der Waals surface area contributed by atoms with E-state index >= 15 is 0 Å². The van der Waals surface area contributed by atoms with Gasteiger partial charge in [0.2, 0.25) is 0 Å². The zero-order valence-corrected chi connectivity index (χ0v) is 13.8. The van der Waals surface area contributed by atoms with Gasteiger partial charge in [0.15, 0.2) is 0 Å². The summed E-state index contributed by atoms with van der Waals surface area (Å²) in [6.07, 6.45) is 2.35. The van der Waals surface area contributed by atoms with Crippen molar-refractivity contribution in [1.82, 2.24) is 5.32 Å². The zero-order valence-electron chi connectivity index (χ0n) is 12.1. The van der Waals surface area contributed by atoms with Crippen molar-refractivity contribution in [2.75, 3.05) is 12.5 Å². The van der Waals surface area contributed by atoms with Crippen LogP contribution in [0.25, 0.3) is 0 Å². The van der Waals surface area contributed by atoms with Crippen LogP contribution in [0.2, 0.25) is 0 Å². The van der Waals surface area contributed by atoms with Gasteiger partial charge >= 0.3 is 5.97 Å². The molecule has 1 rings (SSSR count). The molecule has 0 saturated carbocycles. The average Bonchev–Trinajstić information content (AvgIpc) is 2.35. The molecule has 0 aliphatic carbocycles. The summed E-state index contributed by atoms with van der Waals surface area (Å²) in [5, 5.41) is 10.9. The Balaban J connectivity index is 3.18. The van der Waals surface area contributed by atoms with Crippen molar-refractivity contribution in [3.63, 3.8) is 0 Å². The fourth-order valence-electron chi connectivity index (χ4n) is 1.42. The highest BCUT2D eigenvalue weighted by Gasteiger charge is 2.19. The number of carbonyl (C=O) groups is 2. The number of nitrogens with one attached hydrogen (secondary N) is 1. The summed E-state index contributed by atoms with van der Waals surface area (Å²) in [5.74, 6) is -1.95. The van der Waals surface area contributed by atoms with E-state index in [-0.39, 0.29) is 10.5 Å². The Morgan fingerprint density at radius 2 is 1.82 bits per heavy atom. The van der Waals surface area contributed by atoms with Gasteiger partial charge in [-0.05, 0) is 25.1 Å². The number of carboxylic acid groups (broad SMARTS) is 1. The molecule has 0 heterocycles. The molecule has 0 aliphatic rings. The number of hydrogen-bond acceptors (Lipinski definition) is 5. The number of amides is 1. The van der Waals surface area contributed by atoms with Crippen molar-refractivity contribution in [1.29, 1.82) is 0 Å². The van der Waals surface area contributed by atoms with Gasteiger partial charge in [0.05, 0.1) is 14.6 Å². The Hall–Kier alpha value is -1.94. The Kier molecular flexibility index (Phi) is 5.30. The third-order valence-corrected chi connectivity index (χ3v) is 5.46. The van der Waals surface area contributed by atoms with Crippen molar-refractivity contribution >= 4 is 31.6 Å². The van der Waals surface area contributed by atoms with Crippen LogP contribution >= 0.6 is 0 Å². The first kappa shape index (κ1) is 18.1. The molecular formula is C12H16N2O6S2. The van der Waals surface area contributed by atoms with Crippen LogP contribution in [0, 0.1) is 0 Å². The van der Waals surface area contributed by atoms with E-state index in [1.807, 2.05) is 0 Å². The second kappa shape index (κ2) is 6.44. The Labute approximate surface area is 128 Å². The van der Waals surface area contributed by atoms with Crippen molar-refractivity contribution < 1.29 is 27.3 Å². The standard InChI is InChI=1S/C12H16N2O6S2/c1-8(12(16)17)13-11(15)9-5-4-6-10(7-9)22(19,20)14-21(2,3)18/h4-8H,1-3H3,(H,13,15)(H,16,17)/t8-/m0/s1. The molecule has 0 unspecified atom stereocenters. The predicted molar refractivity (Wildman–Crippen MR) is 80.6 cm³/mol. The predicted octanol–water partition coefficient (Wildman–Crippen LogP) is 0.306. The van der Waals surface area contributed by atoms with Gasteiger partial charge in [0.25, 0.3) is 15.9 Å². The Morgan fingerprint density at radius 3 is 2.32 bits per heavy atom. The fourth-order valence-corrected chi connectivity index (χ4v) is 4.18. The van der Waals surface area contributed by atoms with E-state index in [0.29, 0.717) is 0 Å². The third-order valence-electron chi connectivity index (χ3n) is 2.39. The van der Waals surface area contributed by atoms with Gasteiger partial charge in [-0.2, -0.15) is 8.42 Å². The lowest BCUT2D eigenvalue weighted by atomic mass is 10.2. The average molecular weight is 348 g/mol. The van der Waals surface area contributed by atoms with Gasteiger partial charge in [-0.3, -0.25) is 9.59 Å². The molecule has 122 valence electrons. The summed E-state index contributed by atoms with van der Waals surface area (Å²) >= 11 is 0. The molecule has 1 amide bonds. The van der Waals surface area contributed by atoms with Crippen LogP contribution in [0.3, 0.4) is 0 Å². The molecule has 22 heavy (non-hydrogen) atoms. The van der Waals surface area contributed by atoms with Crippen LogP contribution in [0.4, 0.5) is 0 Å². The van der Waals surface area contributed by atoms with Gasteiger partial charge in [0, 0.05) is 18.1 Å². The lowest BCUT2D eigenvalue weighted by molar-refractivity contribution is -0.138. The first-order valence-corrected chi connectivity index (χ1v) is 9.77. The van der Waals surface area contributed by atoms with Crippen LogP contribution in [-0.2, 0) is 24.5 Å². The van der Waals surface area contributed by atoms with E-state index in [4.69, 9.17) is 5.11 Å².